The second-order valence-corrected chi connectivity index (χ2v) is 8.11. The minimum absolute atomic E-state index is 0.185. The molecule has 0 bridgehead atoms. The Morgan fingerprint density at radius 3 is 2.37 bits per heavy atom. The van der Waals surface area contributed by atoms with Gasteiger partial charge >= 0.3 is 0 Å². The summed E-state index contributed by atoms with van der Waals surface area (Å²) < 4.78 is 16.2. The van der Waals surface area contributed by atoms with Gasteiger partial charge in [-0.05, 0) is 41.0 Å². The number of carbonyl (C=O) groups excluding carboxylic acids is 1. The van der Waals surface area contributed by atoms with Crippen LogP contribution in [0.25, 0.3) is 22.2 Å². The number of nitrogens with one attached hydrogen (secondary N) is 1. The van der Waals surface area contributed by atoms with E-state index in [0.717, 1.165) is 16.7 Å². The van der Waals surface area contributed by atoms with Gasteiger partial charge < -0.3 is 5.32 Å². The number of fused-ring (bicyclic) bond motifs is 1. The average molecular weight is 468 g/mol. The summed E-state index contributed by atoms with van der Waals surface area (Å²) in [5.41, 5.74) is 3.72. The van der Waals surface area contributed by atoms with Crippen LogP contribution in [0.2, 0.25) is 0 Å². The third kappa shape index (κ3) is 4.86. The molecular weight excluding hydrogens is 445 g/mol. The predicted molar refractivity (Wildman–Crippen MR) is 132 cm³/mol. The molecule has 0 aliphatic rings. The first-order valence-electron chi connectivity index (χ1n) is 11.2. The Labute approximate surface area is 200 Å². The van der Waals surface area contributed by atoms with Crippen LogP contribution in [0.5, 0.6) is 0 Å². The van der Waals surface area contributed by atoms with Gasteiger partial charge in [-0.25, -0.2) is 14.1 Å². The fourth-order valence-electron chi connectivity index (χ4n) is 3.88. The highest BCUT2D eigenvalue weighted by Crippen LogP contribution is 2.19. The van der Waals surface area contributed by atoms with Crippen molar-refractivity contribution in [2.24, 2.45) is 0 Å². The molecule has 0 spiro atoms. The number of halogens is 1. The highest BCUT2D eigenvalue weighted by molar-refractivity contribution is 5.94. The number of benzene rings is 3. The fourth-order valence-corrected chi connectivity index (χ4v) is 3.88. The molecule has 1 amide bonds. The number of hydrogen-bond donors (Lipinski definition) is 1. The van der Waals surface area contributed by atoms with Crippen LogP contribution in [0.3, 0.4) is 0 Å². The molecule has 0 atom stereocenters. The van der Waals surface area contributed by atoms with E-state index in [0.29, 0.717) is 29.7 Å². The lowest BCUT2D eigenvalue weighted by molar-refractivity contribution is 0.0952. The minimum atomic E-state index is -0.327. The molecule has 0 aliphatic heterocycles. The summed E-state index contributed by atoms with van der Waals surface area (Å²) in [6, 6.07) is 23.4. The molecule has 8 heteroatoms. The smallest absolute Gasteiger partial charge is 0.264 e. The van der Waals surface area contributed by atoms with Crippen molar-refractivity contribution in [2.75, 3.05) is 6.54 Å². The zero-order valence-electron chi connectivity index (χ0n) is 18.8. The van der Waals surface area contributed by atoms with Crippen LogP contribution < -0.4 is 10.9 Å². The van der Waals surface area contributed by atoms with Crippen LogP contribution in [0.15, 0.2) is 96.2 Å². The standard InChI is InChI=1S/C27H22FN5O2/c28-23-12-6-19(7-13-23)17-32-18-30-25-24(27(32)35)16-31-33(25)15-14-29-26(34)22-10-8-21(9-11-22)20-4-2-1-3-5-20/h1-13,16,18H,14-15,17H2,(H,29,34). The summed E-state index contributed by atoms with van der Waals surface area (Å²) in [6.07, 6.45) is 2.94. The number of carbonyl (C=O) groups is 1. The van der Waals surface area contributed by atoms with Crippen molar-refractivity contribution in [2.45, 2.75) is 13.1 Å². The molecule has 0 fully saturated rings. The van der Waals surface area contributed by atoms with Gasteiger partial charge in [0.25, 0.3) is 11.5 Å². The molecule has 5 aromatic rings. The summed E-state index contributed by atoms with van der Waals surface area (Å²) in [7, 11) is 0. The number of aromatic nitrogens is 4. The van der Waals surface area contributed by atoms with Gasteiger partial charge in [0.05, 0.1) is 19.3 Å². The molecule has 7 nitrogen and oxygen atoms in total. The zero-order chi connectivity index (χ0) is 24.2. The van der Waals surface area contributed by atoms with E-state index in [4.69, 9.17) is 0 Å². The van der Waals surface area contributed by atoms with Crippen LogP contribution in [0.4, 0.5) is 4.39 Å². The van der Waals surface area contributed by atoms with Crippen molar-refractivity contribution in [3.05, 3.63) is 119 Å². The summed E-state index contributed by atoms with van der Waals surface area (Å²) in [5.74, 6) is -0.511. The second kappa shape index (κ2) is 9.72. The van der Waals surface area contributed by atoms with Gasteiger partial charge in [-0.1, -0.05) is 54.6 Å². The fraction of sp³-hybridized carbons (Fsp3) is 0.111. The maximum atomic E-state index is 13.1. The topological polar surface area (TPSA) is 81.8 Å². The van der Waals surface area contributed by atoms with E-state index in [2.05, 4.69) is 15.4 Å². The monoisotopic (exact) mass is 467 g/mol. The van der Waals surface area contributed by atoms with E-state index in [1.807, 2.05) is 42.5 Å². The number of rotatable bonds is 7. The zero-order valence-corrected chi connectivity index (χ0v) is 18.8. The lowest BCUT2D eigenvalue weighted by Gasteiger charge is -2.08. The van der Waals surface area contributed by atoms with E-state index in [1.54, 1.807) is 28.9 Å². The molecular formula is C27H22FN5O2. The van der Waals surface area contributed by atoms with Gasteiger partial charge in [-0.3, -0.25) is 14.2 Å². The van der Waals surface area contributed by atoms with Crippen molar-refractivity contribution in [1.29, 1.82) is 0 Å². The molecule has 0 radical (unpaired) electrons. The van der Waals surface area contributed by atoms with E-state index in [-0.39, 0.29) is 23.8 Å². The predicted octanol–water partition coefficient (Wildman–Crippen LogP) is 3.88. The summed E-state index contributed by atoms with van der Waals surface area (Å²) in [6.45, 7) is 0.981. The third-order valence-electron chi connectivity index (χ3n) is 5.75. The van der Waals surface area contributed by atoms with Gasteiger partial charge in [-0.15, -0.1) is 0 Å². The Kier molecular flexibility index (Phi) is 6.17. The molecule has 5 rings (SSSR count). The first-order chi connectivity index (χ1) is 17.1. The highest BCUT2D eigenvalue weighted by Gasteiger charge is 2.11. The quantitative estimate of drug-likeness (QED) is 0.394. The van der Waals surface area contributed by atoms with E-state index in [9.17, 15) is 14.0 Å². The number of nitrogens with zero attached hydrogens (tertiary/aromatic N) is 4. The normalized spacial score (nSPS) is 11.0. The number of amides is 1. The van der Waals surface area contributed by atoms with Crippen LogP contribution in [-0.4, -0.2) is 31.8 Å². The Morgan fingerprint density at radius 1 is 0.914 bits per heavy atom. The Balaban J connectivity index is 1.22. The van der Waals surface area contributed by atoms with E-state index >= 15 is 0 Å². The van der Waals surface area contributed by atoms with Gasteiger partial charge in [-0.2, -0.15) is 5.10 Å². The largest absolute Gasteiger partial charge is 0.350 e. The lowest BCUT2D eigenvalue weighted by atomic mass is 10.0. The van der Waals surface area contributed by atoms with E-state index in [1.165, 1.54) is 29.2 Å². The summed E-state index contributed by atoms with van der Waals surface area (Å²) in [5, 5.41) is 7.54. The second-order valence-electron chi connectivity index (χ2n) is 8.11. The van der Waals surface area contributed by atoms with Crippen LogP contribution in [0, 0.1) is 5.82 Å². The Morgan fingerprint density at radius 2 is 1.63 bits per heavy atom. The molecule has 0 unspecified atom stereocenters. The van der Waals surface area contributed by atoms with Crippen molar-refractivity contribution >= 4 is 16.9 Å². The van der Waals surface area contributed by atoms with E-state index < -0.39 is 0 Å². The lowest BCUT2D eigenvalue weighted by Crippen LogP contribution is -2.27. The molecule has 0 aliphatic carbocycles. The average Bonchev–Trinajstić information content (AvgIpc) is 3.31. The van der Waals surface area contributed by atoms with Crippen molar-refractivity contribution in [1.82, 2.24) is 24.6 Å². The molecule has 0 saturated carbocycles. The van der Waals surface area contributed by atoms with Crippen molar-refractivity contribution in [3.8, 4) is 11.1 Å². The van der Waals surface area contributed by atoms with Gasteiger partial charge in [0.15, 0.2) is 5.65 Å². The Hall–Kier alpha value is -4.59. The molecule has 174 valence electrons. The summed E-state index contributed by atoms with van der Waals surface area (Å²) in [4.78, 5) is 29.8. The minimum Gasteiger partial charge on any atom is -0.350 e. The Bertz CT molecular complexity index is 1520. The maximum absolute atomic E-state index is 13.1. The van der Waals surface area contributed by atoms with Gasteiger partial charge in [0, 0.05) is 12.1 Å². The highest BCUT2D eigenvalue weighted by atomic mass is 19.1. The molecule has 35 heavy (non-hydrogen) atoms. The SMILES string of the molecule is O=C(NCCn1ncc2c(=O)n(Cc3ccc(F)cc3)cnc21)c1ccc(-c2ccccc2)cc1. The van der Waals surface area contributed by atoms with Crippen LogP contribution >= 0.6 is 0 Å². The van der Waals surface area contributed by atoms with Crippen LogP contribution in [0.1, 0.15) is 15.9 Å². The van der Waals surface area contributed by atoms with Gasteiger partial charge in [0.1, 0.15) is 17.5 Å². The third-order valence-corrected chi connectivity index (χ3v) is 5.75. The molecule has 2 heterocycles. The van der Waals surface area contributed by atoms with Crippen molar-refractivity contribution in [3.63, 3.8) is 0 Å². The van der Waals surface area contributed by atoms with Crippen molar-refractivity contribution < 1.29 is 9.18 Å². The maximum Gasteiger partial charge on any atom is 0.264 e. The van der Waals surface area contributed by atoms with Gasteiger partial charge in [0.2, 0.25) is 0 Å². The first-order valence-corrected chi connectivity index (χ1v) is 11.2. The molecule has 0 saturated heterocycles. The summed E-state index contributed by atoms with van der Waals surface area (Å²) >= 11 is 0. The molecule has 3 aromatic carbocycles. The van der Waals surface area contributed by atoms with Crippen LogP contribution in [-0.2, 0) is 13.1 Å². The molecule has 2 aromatic heterocycles. The first kappa shape index (κ1) is 22.2. The number of hydrogen-bond acceptors (Lipinski definition) is 4. The molecule has 1 N–H and O–H groups in total.